The molecule has 0 fully saturated rings. The summed E-state index contributed by atoms with van der Waals surface area (Å²) in [5, 5.41) is 3.90. The second-order valence-corrected chi connectivity index (χ2v) is 7.21. The zero-order valence-electron chi connectivity index (χ0n) is 17.9. The van der Waals surface area contributed by atoms with Gasteiger partial charge in [-0.1, -0.05) is 56.7 Å². The Morgan fingerprint density at radius 1 is 0.900 bits per heavy atom. The van der Waals surface area contributed by atoms with Crippen LogP contribution in [-0.4, -0.2) is 15.9 Å². The number of rotatable bonds is 3. The summed E-state index contributed by atoms with van der Waals surface area (Å²) in [7, 11) is 0. The summed E-state index contributed by atoms with van der Waals surface area (Å²) < 4.78 is 0. The Morgan fingerprint density at radius 3 is 2.30 bits per heavy atom. The van der Waals surface area contributed by atoms with Gasteiger partial charge in [-0.15, -0.1) is 0 Å². The maximum atomic E-state index is 11.3. The first-order chi connectivity index (χ1) is 14.5. The summed E-state index contributed by atoms with van der Waals surface area (Å²) in [6.45, 7) is 7.77. The molecule has 0 unspecified atom stereocenters. The molecule has 4 rings (SSSR count). The maximum absolute atomic E-state index is 11.3. The van der Waals surface area contributed by atoms with E-state index >= 15 is 0 Å². The number of nitrogens with one attached hydrogen (secondary N) is 1. The average Bonchev–Trinajstić information content (AvgIpc) is 2.74. The number of amides is 1. The molecule has 0 atom stereocenters. The predicted octanol–water partition coefficient (Wildman–Crippen LogP) is 6.65. The van der Waals surface area contributed by atoms with Crippen LogP contribution in [0.15, 0.2) is 72.9 Å². The standard InChI is InChI=1S/C23H19N3O.C3H8/c1-15-21-7-4-12-24-23(21)14-22(25-15)18-10-8-17(9-11-18)19-5-3-6-20(13-19)26-16(2)27;1-3-2/h3-14H,1-2H3,(H,26,27);3H2,1-2H3. The van der Waals surface area contributed by atoms with Crippen molar-refractivity contribution < 1.29 is 4.79 Å². The molecule has 1 amide bonds. The van der Waals surface area contributed by atoms with Gasteiger partial charge in [-0.25, -0.2) is 0 Å². The highest BCUT2D eigenvalue weighted by atomic mass is 16.1. The van der Waals surface area contributed by atoms with E-state index in [-0.39, 0.29) is 5.91 Å². The van der Waals surface area contributed by atoms with E-state index in [1.54, 1.807) is 6.20 Å². The van der Waals surface area contributed by atoms with Crippen LogP contribution in [0.1, 0.15) is 32.9 Å². The van der Waals surface area contributed by atoms with E-state index < -0.39 is 0 Å². The van der Waals surface area contributed by atoms with Crippen molar-refractivity contribution in [1.29, 1.82) is 0 Å². The largest absolute Gasteiger partial charge is 0.326 e. The number of aryl methyl sites for hydroxylation is 1. The first kappa shape index (κ1) is 21.2. The van der Waals surface area contributed by atoms with Crippen molar-refractivity contribution in [3.63, 3.8) is 0 Å². The lowest BCUT2D eigenvalue weighted by molar-refractivity contribution is -0.114. The molecule has 0 saturated carbocycles. The summed E-state index contributed by atoms with van der Waals surface area (Å²) in [4.78, 5) is 20.4. The molecule has 0 radical (unpaired) electrons. The van der Waals surface area contributed by atoms with Crippen molar-refractivity contribution in [2.75, 3.05) is 5.32 Å². The van der Waals surface area contributed by atoms with Gasteiger partial charge in [0, 0.05) is 35.5 Å². The minimum absolute atomic E-state index is 0.0751. The summed E-state index contributed by atoms with van der Waals surface area (Å²) in [5.41, 5.74) is 6.82. The third-order valence-electron chi connectivity index (χ3n) is 4.49. The Kier molecular flexibility index (Phi) is 6.91. The van der Waals surface area contributed by atoms with Gasteiger partial charge >= 0.3 is 0 Å². The highest BCUT2D eigenvalue weighted by Gasteiger charge is 2.07. The molecule has 0 saturated heterocycles. The van der Waals surface area contributed by atoms with Gasteiger partial charge in [-0.2, -0.15) is 0 Å². The van der Waals surface area contributed by atoms with Crippen LogP contribution in [0.5, 0.6) is 0 Å². The Labute approximate surface area is 178 Å². The molecule has 0 aliphatic carbocycles. The number of anilines is 1. The summed E-state index contributed by atoms with van der Waals surface area (Å²) in [6.07, 6.45) is 3.05. The van der Waals surface area contributed by atoms with Crippen molar-refractivity contribution in [2.45, 2.75) is 34.1 Å². The monoisotopic (exact) mass is 397 g/mol. The van der Waals surface area contributed by atoms with Crippen molar-refractivity contribution >= 4 is 22.5 Å². The normalized spacial score (nSPS) is 10.3. The van der Waals surface area contributed by atoms with Gasteiger partial charge in [0.15, 0.2) is 0 Å². The minimum atomic E-state index is -0.0751. The summed E-state index contributed by atoms with van der Waals surface area (Å²) in [5.74, 6) is -0.0751. The Bertz CT molecular complexity index is 1150. The SMILES string of the molecule is CC(=O)Nc1cccc(-c2ccc(-c3cc4ncccc4c(C)n3)cc2)c1.CCC. The summed E-state index contributed by atoms with van der Waals surface area (Å²) in [6, 6.07) is 22.1. The number of carbonyl (C=O) groups excluding carboxylic acids is 1. The third kappa shape index (κ3) is 5.09. The van der Waals surface area contributed by atoms with E-state index in [2.05, 4.69) is 48.4 Å². The third-order valence-corrected chi connectivity index (χ3v) is 4.49. The predicted molar refractivity (Wildman–Crippen MR) is 125 cm³/mol. The van der Waals surface area contributed by atoms with E-state index in [4.69, 9.17) is 4.98 Å². The molecule has 2 heterocycles. The minimum Gasteiger partial charge on any atom is -0.326 e. The molecule has 4 nitrogen and oxygen atoms in total. The van der Waals surface area contributed by atoms with Gasteiger partial charge in [-0.3, -0.25) is 14.8 Å². The Hall–Kier alpha value is -3.53. The van der Waals surface area contributed by atoms with Gasteiger partial charge in [-0.05, 0) is 48.4 Å². The van der Waals surface area contributed by atoms with E-state index in [9.17, 15) is 4.79 Å². The molecule has 0 aliphatic heterocycles. The maximum Gasteiger partial charge on any atom is 0.221 e. The Balaban J connectivity index is 0.000000806. The lowest BCUT2D eigenvalue weighted by Gasteiger charge is -2.09. The van der Waals surface area contributed by atoms with Crippen LogP contribution in [0.2, 0.25) is 0 Å². The fourth-order valence-electron chi connectivity index (χ4n) is 3.20. The van der Waals surface area contributed by atoms with Gasteiger partial charge in [0.25, 0.3) is 0 Å². The molecule has 2 aromatic heterocycles. The molecule has 2 aromatic carbocycles. The lowest BCUT2D eigenvalue weighted by Crippen LogP contribution is -2.05. The van der Waals surface area contributed by atoms with Gasteiger partial charge in [0.05, 0.1) is 11.2 Å². The van der Waals surface area contributed by atoms with Crippen LogP contribution in [-0.2, 0) is 4.79 Å². The molecule has 4 heteroatoms. The average molecular weight is 398 g/mol. The number of carbonyl (C=O) groups is 1. The van der Waals surface area contributed by atoms with E-state index in [1.807, 2.05) is 49.4 Å². The zero-order chi connectivity index (χ0) is 21.5. The number of hydrogen-bond donors (Lipinski definition) is 1. The molecule has 30 heavy (non-hydrogen) atoms. The highest BCUT2D eigenvalue weighted by molar-refractivity contribution is 5.89. The fourth-order valence-corrected chi connectivity index (χ4v) is 3.20. The molecule has 1 N–H and O–H groups in total. The molecule has 0 aliphatic rings. The van der Waals surface area contributed by atoms with Crippen LogP contribution in [0.3, 0.4) is 0 Å². The number of pyridine rings is 2. The van der Waals surface area contributed by atoms with Gasteiger partial charge in [0.2, 0.25) is 5.91 Å². The molecular weight excluding hydrogens is 370 g/mol. The van der Waals surface area contributed by atoms with Crippen molar-refractivity contribution in [3.8, 4) is 22.4 Å². The van der Waals surface area contributed by atoms with Gasteiger partial charge in [0.1, 0.15) is 0 Å². The first-order valence-corrected chi connectivity index (χ1v) is 10.2. The fraction of sp³-hybridized carbons (Fsp3) is 0.192. The van der Waals surface area contributed by atoms with Crippen LogP contribution >= 0.6 is 0 Å². The highest BCUT2D eigenvalue weighted by Crippen LogP contribution is 2.27. The molecular formula is C26H27N3O. The topological polar surface area (TPSA) is 54.9 Å². The smallest absolute Gasteiger partial charge is 0.221 e. The van der Waals surface area contributed by atoms with Crippen LogP contribution in [0.25, 0.3) is 33.3 Å². The Morgan fingerprint density at radius 2 is 1.60 bits per heavy atom. The van der Waals surface area contributed by atoms with E-state index in [0.717, 1.165) is 44.7 Å². The van der Waals surface area contributed by atoms with Crippen LogP contribution in [0, 0.1) is 6.92 Å². The molecule has 0 spiro atoms. The number of aromatic nitrogens is 2. The number of hydrogen-bond acceptors (Lipinski definition) is 3. The number of fused-ring (bicyclic) bond motifs is 1. The summed E-state index contributed by atoms with van der Waals surface area (Å²) >= 11 is 0. The number of nitrogens with zero attached hydrogens (tertiary/aromatic N) is 2. The first-order valence-electron chi connectivity index (χ1n) is 10.2. The zero-order valence-corrected chi connectivity index (χ0v) is 17.9. The molecule has 152 valence electrons. The van der Waals surface area contributed by atoms with Crippen LogP contribution < -0.4 is 5.32 Å². The second kappa shape index (κ2) is 9.79. The number of benzene rings is 2. The quantitative estimate of drug-likeness (QED) is 0.421. The van der Waals surface area contributed by atoms with Crippen molar-refractivity contribution in [2.24, 2.45) is 0 Å². The van der Waals surface area contributed by atoms with E-state index in [1.165, 1.54) is 13.3 Å². The van der Waals surface area contributed by atoms with Crippen molar-refractivity contribution in [1.82, 2.24) is 9.97 Å². The second-order valence-electron chi connectivity index (χ2n) is 7.21. The molecule has 0 bridgehead atoms. The molecule has 4 aromatic rings. The van der Waals surface area contributed by atoms with Crippen molar-refractivity contribution in [3.05, 3.63) is 78.6 Å². The van der Waals surface area contributed by atoms with Crippen LogP contribution in [0.4, 0.5) is 5.69 Å². The van der Waals surface area contributed by atoms with E-state index in [0.29, 0.717) is 0 Å². The lowest BCUT2D eigenvalue weighted by atomic mass is 10.0. The van der Waals surface area contributed by atoms with Gasteiger partial charge < -0.3 is 5.32 Å².